The van der Waals surface area contributed by atoms with Crippen molar-refractivity contribution < 1.29 is 23.0 Å². The van der Waals surface area contributed by atoms with Gasteiger partial charge in [-0.1, -0.05) is 42.3 Å². The number of phenolic OH excluding ortho intramolecular Hbond substituents is 1. The van der Waals surface area contributed by atoms with Crippen LogP contribution in [0.3, 0.4) is 0 Å². The number of ether oxygens (including phenoxy) is 1. The standard InChI is InChI=1S/C18H17Cl2F3O2/c1-11(8-12-2-4-14(24)5-3-12)13-9-15(19)17(16(20)10-13)25-7-6-18(21,22)23/h2-5,9-11,24H,6-8H2,1H3/t11-/m1/s1. The SMILES string of the molecule is C[C@H](Cc1ccc(O)cc1)c1cc(Cl)c(OCCC(F)(F)F)c(Cl)c1. The van der Waals surface area contributed by atoms with Gasteiger partial charge in [-0.15, -0.1) is 0 Å². The van der Waals surface area contributed by atoms with Crippen LogP contribution in [-0.4, -0.2) is 17.9 Å². The Morgan fingerprint density at radius 3 is 2.16 bits per heavy atom. The molecule has 0 aromatic heterocycles. The Balaban J connectivity index is 2.08. The van der Waals surface area contributed by atoms with Gasteiger partial charge in [-0.2, -0.15) is 13.2 Å². The molecule has 0 radical (unpaired) electrons. The third kappa shape index (κ3) is 6.01. The highest BCUT2D eigenvalue weighted by atomic mass is 35.5. The van der Waals surface area contributed by atoms with Gasteiger partial charge in [0, 0.05) is 0 Å². The third-order valence-corrected chi connectivity index (χ3v) is 4.26. The van der Waals surface area contributed by atoms with Crippen molar-refractivity contribution in [3.8, 4) is 11.5 Å². The smallest absolute Gasteiger partial charge is 0.392 e. The molecule has 0 aliphatic rings. The average molecular weight is 393 g/mol. The largest absolute Gasteiger partial charge is 0.508 e. The number of hydrogen-bond acceptors (Lipinski definition) is 2. The number of aromatic hydroxyl groups is 1. The summed E-state index contributed by atoms with van der Waals surface area (Å²) in [5.41, 5.74) is 1.88. The van der Waals surface area contributed by atoms with E-state index in [-0.39, 0.29) is 27.5 Å². The fourth-order valence-corrected chi connectivity index (χ4v) is 2.99. The molecule has 25 heavy (non-hydrogen) atoms. The summed E-state index contributed by atoms with van der Waals surface area (Å²) in [6, 6.07) is 10.2. The average Bonchev–Trinajstić information content (AvgIpc) is 2.51. The maximum atomic E-state index is 12.2. The molecular weight excluding hydrogens is 376 g/mol. The van der Waals surface area contributed by atoms with Crippen LogP contribution in [0.4, 0.5) is 13.2 Å². The van der Waals surface area contributed by atoms with E-state index in [1.54, 1.807) is 24.3 Å². The second-order valence-corrected chi connectivity index (χ2v) is 6.61. The minimum absolute atomic E-state index is 0.0631. The van der Waals surface area contributed by atoms with Crippen molar-refractivity contribution in [2.24, 2.45) is 0 Å². The summed E-state index contributed by atoms with van der Waals surface area (Å²) in [7, 11) is 0. The van der Waals surface area contributed by atoms with Gasteiger partial charge < -0.3 is 9.84 Å². The Labute approximate surface area is 154 Å². The quantitative estimate of drug-likeness (QED) is 0.618. The summed E-state index contributed by atoms with van der Waals surface area (Å²) in [5, 5.41) is 9.68. The number of hydrogen-bond donors (Lipinski definition) is 1. The fraction of sp³-hybridized carbons (Fsp3) is 0.333. The van der Waals surface area contributed by atoms with Crippen LogP contribution in [-0.2, 0) is 6.42 Å². The molecule has 2 nitrogen and oxygen atoms in total. The highest BCUT2D eigenvalue weighted by molar-refractivity contribution is 6.37. The van der Waals surface area contributed by atoms with Gasteiger partial charge in [0.15, 0.2) is 5.75 Å². The van der Waals surface area contributed by atoms with Gasteiger partial charge in [-0.25, -0.2) is 0 Å². The maximum Gasteiger partial charge on any atom is 0.392 e. The van der Waals surface area contributed by atoms with E-state index in [1.165, 1.54) is 0 Å². The first-order valence-electron chi connectivity index (χ1n) is 7.62. The summed E-state index contributed by atoms with van der Waals surface area (Å²) in [4.78, 5) is 0. The summed E-state index contributed by atoms with van der Waals surface area (Å²) < 4.78 is 41.7. The first-order chi connectivity index (χ1) is 11.7. The zero-order valence-corrected chi connectivity index (χ0v) is 14.9. The van der Waals surface area contributed by atoms with Gasteiger partial charge in [-0.05, 0) is 47.7 Å². The fourth-order valence-electron chi connectivity index (χ4n) is 2.37. The van der Waals surface area contributed by atoms with Crippen molar-refractivity contribution >= 4 is 23.2 Å². The lowest BCUT2D eigenvalue weighted by Gasteiger charge is -2.16. The van der Waals surface area contributed by atoms with Gasteiger partial charge in [0.2, 0.25) is 0 Å². The molecule has 0 aliphatic heterocycles. The van der Waals surface area contributed by atoms with Crippen LogP contribution in [0, 0.1) is 0 Å². The summed E-state index contributed by atoms with van der Waals surface area (Å²) in [6.07, 6.45) is -4.67. The lowest BCUT2D eigenvalue weighted by Crippen LogP contribution is -2.13. The molecule has 1 N–H and O–H groups in total. The van der Waals surface area contributed by atoms with E-state index in [9.17, 15) is 18.3 Å². The molecule has 0 heterocycles. The lowest BCUT2D eigenvalue weighted by atomic mass is 9.93. The van der Waals surface area contributed by atoms with Crippen LogP contribution in [0.2, 0.25) is 10.0 Å². The van der Waals surface area contributed by atoms with E-state index in [0.29, 0.717) is 6.42 Å². The molecule has 2 rings (SSSR count). The van der Waals surface area contributed by atoms with Gasteiger partial charge in [0.1, 0.15) is 5.75 Å². The highest BCUT2D eigenvalue weighted by Gasteiger charge is 2.27. The summed E-state index contributed by atoms with van der Waals surface area (Å²) in [5.74, 6) is 0.333. The van der Waals surface area contributed by atoms with Crippen molar-refractivity contribution in [3.63, 3.8) is 0 Å². The third-order valence-electron chi connectivity index (χ3n) is 3.70. The number of halogens is 5. The Morgan fingerprint density at radius 1 is 1.08 bits per heavy atom. The molecule has 2 aromatic carbocycles. The zero-order valence-electron chi connectivity index (χ0n) is 13.4. The van der Waals surface area contributed by atoms with Crippen LogP contribution in [0.15, 0.2) is 36.4 Å². The van der Waals surface area contributed by atoms with E-state index in [4.69, 9.17) is 27.9 Å². The Hall–Kier alpha value is -1.59. The molecule has 0 spiro atoms. The number of phenols is 1. The molecule has 7 heteroatoms. The molecule has 0 bridgehead atoms. The molecule has 0 unspecified atom stereocenters. The molecule has 1 atom stereocenters. The molecule has 0 amide bonds. The Kier molecular flexibility index (Phi) is 6.47. The van der Waals surface area contributed by atoms with E-state index in [0.717, 1.165) is 11.1 Å². The van der Waals surface area contributed by atoms with Crippen LogP contribution in [0.1, 0.15) is 30.4 Å². The lowest BCUT2D eigenvalue weighted by molar-refractivity contribution is -0.139. The first-order valence-corrected chi connectivity index (χ1v) is 8.37. The van der Waals surface area contributed by atoms with E-state index in [2.05, 4.69) is 0 Å². The molecule has 2 aromatic rings. The van der Waals surface area contributed by atoms with Crippen LogP contribution < -0.4 is 4.74 Å². The molecule has 0 aliphatic carbocycles. The van der Waals surface area contributed by atoms with Crippen molar-refractivity contribution in [1.29, 1.82) is 0 Å². The van der Waals surface area contributed by atoms with E-state index >= 15 is 0 Å². The van der Waals surface area contributed by atoms with Gasteiger partial charge in [0.25, 0.3) is 0 Å². The monoisotopic (exact) mass is 392 g/mol. The van der Waals surface area contributed by atoms with Crippen molar-refractivity contribution in [2.75, 3.05) is 6.61 Å². The number of benzene rings is 2. The topological polar surface area (TPSA) is 29.5 Å². The maximum absolute atomic E-state index is 12.2. The van der Waals surface area contributed by atoms with E-state index < -0.39 is 19.2 Å². The molecule has 0 saturated carbocycles. The second-order valence-electron chi connectivity index (χ2n) is 5.80. The van der Waals surface area contributed by atoms with Crippen molar-refractivity contribution in [1.82, 2.24) is 0 Å². The van der Waals surface area contributed by atoms with Crippen LogP contribution >= 0.6 is 23.2 Å². The summed E-state index contributed by atoms with van der Waals surface area (Å²) >= 11 is 12.3. The second kappa shape index (κ2) is 8.19. The molecular formula is C18H17Cl2F3O2. The molecule has 0 saturated heterocycles. The summed E-state index contributed by atoms with van der Waals surface area (Å²) in [6.45, 7) is 1.45. The number of alkyl halides is 3. The van der Waals surface area contributed by atoms with E-state index in [1.807, 2.05) is 19.1 Å². The normalized spacial score (nSPS) is 12.9. The first kappa shape index (κ1) is 19.7. The van der Waals surface area contributed by atoms with Gasteiger partial charge in [0.05, 0.1) is 23.1 Å². The molecule has 136 valence electrons. The van der Waals surface area contributed by atoms with Crippen LogP contribution in [0.25, 0.3) is 0 Å². The minimum Gasteiger partial charge on any atom is -0.508 e. The Morgan fingerprint density at radius 2 is 1.64 bits per heavy atom. The minimum atomic E-state index is -4.29. The van der Waals surface area contributed by atoms with Gasteiger partial charge >= 0.3 is 6.18 Å². The molecule has 0 fully saturated rings. The predicted molar refractivity (Wildman–Crippen MR) is 92.9 cm³/mol. The zero-order chi connectivity index (χ0) is 18.6. The highest BCUT2D eigenvalue weighted by Crippen LogP contribution is 2.37. The van der Waals surface area contributed by atoms with Crippen molar-refractivity contribution in [3.05, 3.63) is 57.6 Å². The van der Waals surface area contributed by atoms with Crippen LogP contribution in [0.5, 0.6) is 11.5 Å². The Bertz CT molecular complexity index is 692. The predicted octanol–water partition coefficient (Wildman–Crippen LogP) is 6.38. The van der Waals surface area contributed by atoms with Gasteiger partial charge in [-0.3, -0.25) is 0 Å². The number of rotatable bonds is 6. The van der Waals surface area contributed by atoms with Crippen molar-refractivity contribution in [2.45, 2.75) is 31.9 Å².